The molecule has 1 rings (SSSR count). The molecule has 3 N–H and O–H groups in total. The lowest BCUT2D eigenvalue weighted by molar-refractivity contribution is -0.120. The molecule has 124 valence electrons. The van der Waals surface area contributed by atoms with E-state index in [1.165, 1.54) is 0 Å². The SMILES string of the molecule is CCC(C)c1ccc(S(=O)(=O)NC(C(N)=O)C(C)CC)cc1. The fourth-order valence-corrected chi connectivity index (χ4v) is 3.45. The molecule has 0 heterocycles. The Morgan fingerprint density at radius 3 is 2.09 bits per heavy atom. The second-order valence-electron chi connectivity index (χ2n) is 5.77. The van der Waals surface area contributed by atoms with Gasteiger partial charge in [0.05, 0.1) is 4.90 Å². The molecule has 0 aromatic heterocycles. The van der Waals surface area contributed by atoms with Gasteiger partial charge in [-0.2, -0.15) is 4.72 Å². The summed E-state index contributed by atoms with van der Waals surface area (Å²) in [5.74, 6) is -0.441. The molecule has 0 bridgehead atoms. The smallest absolute Gasteiger partial charge is 0.241 e. The largest absolute Gasteiger partial charge is 0.368 e. The Kier molecular flexibility index (Phi) is 6.56. The minimum atomic E-state index is -3.76. The van der Waals surface area contributed by atoms with Gasteiger partial charge in [-0.05, 0) is 36.0 Å². The molecule has 0 radical (unpaired) electrons. The van der Waals surface area contributed by atoms with E-state index in [0.29, 0.717) is 12.3 Å². The molecule has 3 unspecified atom stereocenters. The maximum atomic E-state index is 12.4. The molecule has 5 nitrogen and oxygen atoms in total. The number of nitrogens with one attached hydrogen (secondary N) is 1. The number of carbonyl (C=O) groups excluding carboxylic acids is 1. The van der Waals surface area contributed by atoms with E-state index in [-0.39, 0.29) is 10.8 Å². The summed E-state index contributed by atoms with van der Waals surface area (Å²) in [6.45, 7) is 7.86. The van der Waals surface area contributed by atoms with Gasteiger partial charge in [0.15, 0.2) is 0 Å². The second-order valence-corrected chi connectivity index (χ2v) is 7.48. The van der Waals surface area contributed by atoms with Crippen LogP contribution in [0.4, 0.5) is 0 Å². The van der Waals surface area contributed by atoms with Crippen LogP contribution in [0.3, 0.4) is 0 Å². The van der Waals surface area contributed by atoms with Crippen LogP contribution >= 0.6 is 0 Å². The lowest BCUT2D eigenvalue weighted by atomic mass is 9.99. The summed E-state index contributed by atoms with van der Waals surface area (Å²) in [5.41, 5.74) is 6.41. The van der Waals surface area contributed by atoms with Crippen molar-refractivity contribution in [2.75, 3.05) is 0 Å². The Balaban J connectivity index is 3.01. The van der Waals surface area contributed by atoms with Crippen LogP contribution in [0.5, 0.6) is 0 Å². The van der Waals surface area contributed by atoms with Crippen molar-refractivity contribution in [1.82, 2.24) is 4.72 Å². The van der Waals surface area contributed by atoms with Crippen LogP contribution in [0.15, 0.2) is 29.2 Å². The normalized spacial score (nSPS) is 16.0. The monoisotopic (exact) mass is 326 g/mol. The molecule has 0 saturated carbocycles. The Labute approximate surface area is 133 Å². The van der Waals surface area contributed by atoms with Gasteiger partial charge in [0.25, 0.3) is 0 Å². The molecule has 1 aromatic carbocycles. The highest BCUT2D eigenvalue weighted by atomic mass is 32.2. The van der Waals surface area contributed by atoms with E-state index in [1.54, 1.807) is 19.1 Å². The average Bonchev–Trinajstić information content (AvgIpc) is 2.51. The van der Waals surface area contributed by atoms with E-state index < -0.39 is 22.0 Å². The number of rotatable bonds is 8. The fraction of sp³-hybridized carbons (Fsp3) is 0.562. The molecule has 1 aromatic rings. The van der Waals surface area contributed by atoms with Gasteiger partial charge in [-0.25, -0.2) is 8.42 Å². The molecule has 6 heteroatoms. The molecule has 22 heavy (non-hydrogen) atoms. The van der Waals surface area contributed by atoms with Crippen LogP contribution in [0, 0.1) is 5.92 Å². The molecule has 0 saturated heterocycles. The molecule has 0 aliphatic rings. The lowest BCUT2D eigenvalue weighted by Gasteiger charge is -2.21. The third-order valence-corrected chi connectivity index (χ3v) is 5.63. The maximum Gasteiger partial charge on any atom is 0.241 e. The van der Waals surface area contributed by atoms with Gasteiger partial charge in [0, 0.05) is 0 Å². The summed E-state index contributed by atoms with van der Waals surface area (Å²) in [5, 5.41) is 0. The number of nitrogens with two attached hydrogens (primary N) is 1. The van der Waals surface area contributed by atoms with Crippen molar-refractivity contribution >= 4 is 15.9 Å². The van der Waals surface area contributed by atoms with Crippen LogP contribution < -0.4 is 10.5 Å². The van der Waals surface area contributed by atoms with Gasteiger partial charge >= 0.3 is 0 Å². The zero-order valence-electron chi connectivity index (χ0n) is 13.7. The summed E-state index contributed by atoms with van der Waals surface area (Å²) in [7, 11) is -3.76. The molecule has 0 fully saturated rings. The first-order valence-corrected chi connectivity index (χ1v) is 9.12. The van der Waals surface area contributed by atoms with E-state index in [1.807, 2.05) is 19.1 Å². The molecule has 0 spiro atoms. The Morgan fingerprint density at radius 2 is 1.68 bits per heavy atom. The molecule has 0 aliphatic carbocycles. The van der Waals surface area contributed by atoms with Gasteiger partial charge in [-0.15, -0.1) is 0 Å². The number of primary amides is 1. The summed E-state index contributed by atoms with van der Waals surface area (Å²) >= 11 is 0. The van der Waals surface area contributed by atoms with Crippen molar-refractivity contribution in [1.29, 1.82) is 0 Å². The first-order valence-electron chi connectivity index (χ1n) is 7.64. The van der Waals surface area contributed by atoms with Crippen molar-refractivity contribution in [3.05, 3.63) is 29.8 Å². The summed E-state index contributed by atoms with van der Waals surface area (Å²) in [6.07, 6.45) is 1.64. The van der Waals surface area contributed by atoms with Crippen LogP contribution in [-0.2, 0) is 14.8 Å². The minimum Gasteiger partial charge on any atom is -0.368 e. The van der Waals surface area contributed by atoms with Crippen molar-refractivity contribution in [3.8, 4) is 0 Å². The number of carbonyl (C=O) groups is 1. The van der Waals surface area contributed by atoms with E-state index in [0.717, 1.165) is 12.0 Å². The number of hydrogen-bond donors (Lipinski definition) is 2. The van der Waals surface area contributed by atoms with Gasteiger partial charge in [0.2, 0.25) is 15.9 Å². The molecular weight excluding hydrogens is 300 g/mol. The predicted molar refractivity (Wildman–Crippen MR) is 87.9 cm³/mol. The average molecular weight is 326 g/mol. The van der Waals surface area contributed by atoms with Crippen LogP contribution in [0.1, 0.15) is 52.0 Å². The quantitative estimate of drug-likeness (QED) is 0.768. The number of hydrogen-bond acceptors (Lipinski definition) is 3. The van der Waals surface area contributed by atoms with E-state index in [9.17, 15) is 13.2 Å². The Hall–Kier alpha value is -1.40. The van der Waals surface area contributed by atoms with Gasteiger partial charge < -0.3 is 5.73 Å². The number of benzene rings is 1. The van der Waals surface area contributed by atoms with Crippen molar-refractivity contribution in [2.45, 2.75) is 57.4 Å². The van der Waals surface area contributed by atoms with Crippen molar-refractivity contribution in [3.63, 3.8) is 0 Å². The van der Waals surface area contributed by atoms with Gasteiger partial charge in [0.1, 0.15) is 6.04 Å². The van der Waals surface area contributed by atoms with Crippen molar-refractivity contribution in [2.24, 2.45) is 11.7 Å². The minimum absolute atomic E-state index is 0.147. The van der Waals surface area contributed by atoms with Gasteiger partial charge in [-0.3, -0.25) is 4.79 Å². The summed E-state index contributed by atoms with van der Waals surface area (Å²) < 4.78 is 27.2. The van der Waals surface area contributed by atoms with E-state index in [2.05, 4.69) is 18.6 Å². The standard InChI is InChI=1S/C16H26N2O3S/c1-5-11(3)13-7-9-14(10-8-13)22(20,21)18-15(16(17)19)12(4)6-2/h7-12,15,18H,5-6H2,1-4H3,(H2,17,19). The molecular formula is C16H26N2O3S. The van der Waals surface area contributed by atoms with Crippen molar-refractivity contribution < 1.29 is 13.2 Å². The van der Waals surface area contributed by atoms with E-state index in [4.69, 9.17) is 5.73 Å². The third-order valence-electron chi connectivity index (χ3n) is 4.17. The van der Waals surface area contributed by atoms with Crippen LogP contribution in [-0.4, -0.2) is 20.4 Å². The number of amides is 1. The summed E-state index contributed by atoms with van der Waals surface area (Å²) in [4.78, 5) is 11.6. The van der Waals surface area contributed by atoms with Crippen LogP contribution in [0.25, 0.3) is 0 Å². The molecule has 0 aliphatic heterocycles. The lowest BCUT2D eigenvalue weighted by Crippen LogP contribution is -2.48. The topological polar surface area (TPSA) is 89.3 Å². The van der Waals surface area contributed by atoms with Crippen LogP contribution in [0.2, 0.25) is 0 Å². The first kappa shape index (κ1) is 18.6. The second kappa shape index (κ2) is 7.74. The van der Waals surface area contributed by atoms with E-state index >= 15 is 0 Å². The fourth-order valence-electron chi connectivity index (χ4n) is 2.14. The highest BCUT2D eigenvalue weighted by Gasteiger charge is 2.27. The third kappa shape index (κ3) is 4.55. The highest BCUT2D eigenvalue weighted by molar-refractivity contribution is 7.89. The Bertz CT molecular complexity index is 596. The molecule has 3 atom stereocenters. The Morgan fingerprint density at radius 1 is 1.14 bits per heavy atom. The zero-order valence-corrected chi connectivity index (χ0v) is 14.5. The zero-order chi connectivity index (χ0) is 16.9. The predicted octanol–water partition coefficient (Wildman–Crippen LogP) is 2.38. The highest BCUT2D eigenvalue weighted by Crippen LogP contribution is 2.21. The number of sulfonamides is 1. The first-order chi connectivity index (χ1) is 10.2. The summed E-state index contributed by atoms with van der Waals surface area (Å²) in [6, 6.07) is 5.86. The molecule has 1 amide bonds. The maximum absolute atomic E-state index is 12.4. The van der Waals surface area contributed by atoms with Gasteiger partial charge in [-0.1, -0.05) is 46.2 Å².